The molecule has 3 heteroatoms. The smallest absolute Gasteiger partial charge is 0.160 e. The summed E-state index contributed by atoms with van der Waals surface area (Å²) in [6.45, 7) is 3.47. The fourth-order valence-corrected chi connectivity index (χ4v) is 2.09. The van der Waals surface area contributed by atoms with Gasteiger partial charge in [-0.25, -0.2) is 0 Å². The molecule has 0 unspecified atom stereocenters. The van der Waals surface area contributed by atoms with Gasteiger partial charge in [0, 0.05) is 21.1 Å². The first kappa shape index (κ1) is 10.3. The summed E-state index contributed by atoms with van der Waals surface area (Å²) in [6, 6.07) is 7.59. The Hall–Kier alpha value is -1.22. The molecule has 2 rings (SSSR count). The minimum Gasteiger partial charge on any atom is -0.294 e. The summed E-state index contributed by atoms with van der Waals surface area (Å²) in [4.78, 5) is 15.9. The van der Waals surface area contributed by atoms with Gasteiger partial charge in [0.25, 0.3) is 0 Å². The number of aryl methyl sites for hydroxylation is 1. The first-order chi connectivity index (χ1) is 7.09. The number of hydrogen-bond donors (Lipinski definition) is 0. The average Bonchev–Trinajstić information content (AvgIpc) is 2.18. The first-order valence-electron chi connectivity index (χ1n) is 4.66. The zero-order valence-electron chi connectivity index (χ0n) is 8.54. The minimum atomic E-state index is 0.0728. The van der Waals surface area contributed by atoms with Crippen LogP contribution in [-0.4, -0.2) is 10.8 Å². The molecule has 76 valence electrons. The van der Waals surface area contributed by atoms with Gasteiger partial charge in [-0.2, -0.15) is 0 Å². The molecule has 0 spiro atoms. The molecule has 0 atom stereocenters. The fourth-order valence-electron chi connectivity index (χ4n) is 1.63. The number of hydrogen-bond acceptors (Lipinski definition) is 2. The Morgan fingerprint density at radius 2 is 2.13 bits per heavy atom. The van der Waals surface area contributed by atoms with Crippen molar-refractivity contribution in [3.8, 4) is 0 Å². The van der Waals surface area contributed by atoms with Gasteiger partial charge in [-0.1, -0.05) is 12.1 Å². The Bertz CT molecular complexity index is 549. The van der Waals surface area contributed by atoms with E-state index in [1.54, 1.807) is 6.92 Å². The van der Waals surface area contributed by atoms with Gasteiger partial charge in [-0.3, -0.25) is 9.78 Å². The van der Waals surface area contributed by atoms with Crippen LogP contribution in [0.3, 0.4) is 0 Å². The highest BCUT2D eigenvalue weighted by Crippen LogP contribution is 2.25. The molecule has 0 aliphatic carbocycles. The number of benzene rings is 1. The summed E-state index contributed by atoms with van der Waals surface area (Å²) in [6.07, 6.45) is 0. The van der Waals surface area contributed by atoms with Crippen LogP contribution in [0.4, 0.5) is 0 Å². The van der Waals surface area contributed by atoms with Gasteiger partial charge in [-0.05, 0) is 41.9 Å². The van der Waals surface area contributed by atoms with Crippen LogP contribution >= 0.6 is 15.9 Å². The van der Waals surface area contributed by atoms with Crippen LogP contribution in [0, 0.1) is 6.92 Å². The van der Waals surface area contributed by atoms with Gasteiger partial charge in [0.1, 0.15) is 0 Å². The molecule has 0 aliphatic heterocycles. The van der Waals surface area contributed by atoms with Crippen LogP contribution in [0.5, 0.6) is 0 Å². The second kappa shape index (κ2) is 3.74. The highest BCUT2D eigenvalue weighted by molar-refractivity contribution is 9.10. The van der Waals surface area contributed by atoms with Crippen molar-refractivity contribution < 1.29 is 4.79 Å². The van der Waals surface area contributed by atoms with Crippen molar-refractivity contribution in [1.29, 1.82) is 0 Å². The summed E-state index contributed by atoms with van der Waals surface area (Å²) in [5.41, 5.74) is 2.45. The first-order valence-corrected chi connectivity index (χ1v) is 5.45. The molecule has 0 fully saturated rings. The Morgan fingerprint density at radius 1 is 1.40 bits per heavy atom. The van der Waals surface area contributed by atoms with E-state index in [2.05, 4.69) is 20.9 Å². The number of aromatic nitrogens is 1. The van der Waals surface area contributed by atoms with E-state index in [4.69, 9.17) is 0 Å². The van der Waals surface area contributed by atoms with Crippen LogP contribution in [-0.2, 0) is 0 Å². The molecule has 1 aromatic carbocycles. The van der Waals surface area contributed by atoms with E-state index in [0.717, 1.165) is 26.6 Å². The van der Waals surface area contributed by atoms with Crippen LogP contribution in [0.1, 0.15) is 23.0 Å². The molecular weight excluding hydrogens is 254 g/mol. The lowest BCUT2D eigenvalue weighted by atomic mass is 10.1. The lowest BCUT2D eigenvalue weighted by Gasteiger charge is -2.05. The average molecular weight is 264 g/mol. The predicted octanol–water partition coefficient (Wildman–Crippen LogP) is 3.51. The minimum absolute atomic E-state index is 0.0728. The lowest BCUT2D eigenvalue weighted by molar-refractivity contribution is 0.101. The van der Waals surface area contributed by atoms with Crippen molar-refractivity contribution >= 4 is 32.6 Å². The Kier molecular flexibility index (Phi) is 2.57. The third-order valence-electron chi connectivity index (χ3n) is 2.30. The van der Waals surface area contributed by atoms with Crippen molar-refractivity contribution in [3.05, 3.63) is 40.0 Å². The van der Waals surface area contributed by atoms with Crippen molar-refractivity contribution in [2.45, 2.75) is 13.8 Å². The third kappa shape index (κ3) is 1.79. The molecule has 0 radical (unpaired) electrons. The summed E-state index contributed by atoms with van der Waals surface area (Å²) in [7, 11) is 0. The van der Waals surface area contributed by atoms with Crippen LogP contribution in [0.25, 0.3) is 10.9 Å². The van der Waals surface area contributed by atoms with Crippen molar-refractivity contribution in [2.24, 2.45) is 0 Å². The number of pyridine rings is 1. The molecule has 0 aliphatic rings. The zero-order chi connectivity index (χ0) is 11.0. The van der Waals surface area contributed by atoms with E-state index in [0.29, 0.717) is 0 Å². The molecular formula is C12H10BrNO. The number of carbonyl (C=O) groups is 1. The maximum Gasteiger partial charge on any atom is 0.160 e. The van der Waals surface area contributed by atoms with Gasteiger partial charge in [0.05, 0.1) is 5.52 Å². The summed E-state index contributed by atoms with van der Waals surface area (Å²) < 4.78 is 0.922. The zero-order valence-corrected chi connectivity index (χ0v) is 10.1. The number of halogens is 1. The highest BCUT2D eigenvalue weighted by Gasteiger charge is 2.09. The van der Waals surface area contributed by atoms with Crippen molar-refractivity contribution in [1.82, 2.24) is 4.98 Å². The molecule has 0 saturated heterocycles. The van der Waals surface area contributed by atoms with Gasteiger partial charge in [0.2, 0.25) is 0 Å². The topological polar surface area (TPSA) is 30.0 Å². The molecule has 0 bridgehead atoms. The lowest BCUT2D eigenvalue weighted by Crippen LogP contribution is -1.97. The molecule has 1 heterocycles. The Labute approximate surface area is 96.5 Å². The number of Topliss-reactive ketones (excluding diaryl/α,β-unsaturated/α-hetero) is 1. The maximum absolute atomic E-state index is 11.5. The van der Waals surface area contributed by atoms with Gasteiger partial charge < -0.3 is 0 Å². The number of rotatable bonds is 1. The summed E-state index contributed by atoms with van der Waals surface area (Å²) in [5, 5.41) is 0.905. The van der Waals surface area contributed by atoms with Gasteiger partial charge in [0.15, 0.2) is 5.78 Å². The molecule has 2 aromatic rings. The largest absolute Gasteiger partial charge is 0.294 e. The highest BCUT2D eigenvalue weighted by atomic mass is 79.9. The van der Waals surface area contributed by atoms with Crippen LogP contribution < -0.4 is 0 Å². The third-order valence-corrected chi connectivity index (χ3v) is 2.94. The van der Waals surface area contributed by atoms with Crippen molar-refractivity contribution in [2.75, 3.05) is 0 Å². The predicted molar refractivity (Wildman–Crippen MR) is 64.2 cm³/mol. The molecule has 2 nitrogen and oxygen atoms in total. The normalized spacial score (nSPS) is 10.6. The monoisotopic (exact) mass is 263 g/mol. The molecule has 0 amide bonds. The van der Waals surface area contributed by atoms with E-state index in [9.17, 15) is 4.79 Å². The fraction of sp³-hybridized carbons (Fsp3) is 0.167. The number of carbonyl (C=O) groups excluding carboxylic acids is 1. The number of nitrogens with zero attached hydrogens (tertiary/aromatic N) is 1. The van der Waals surface area contributed by atoms with E-state index < -0.39 is 0 Å². The van der Waals surface area contributed by atoms with Gasteiger partial charge in [-0.15, -0.1) is 0 Å². The molecule has 0 saturated carbocycles. The SMILES string of the molecule is CC(=O)c1cc(C)nc2c(Br)cccc12. The number of ketones is 1. The van der Waals surface area contributed by atoms with E-state index in [1.165, 1.54) is 0 Å². The van der Waals surface area contributed by atoms with Gasteiger partial charge >= 0.3 is 0 Å². The summed E-state index contributed by atoms with van der Waals surface area (Å²) in [5.74, 6) is 0.0728. The number of para-hydroxylation sites is 1. The molecule has 1 aromatic heterocycles. The summed E-state index contributed by atoms with van der Waals surface area (Å²) >= 11 is 3.44. The van der Waals surface area contributed by atoms with E-state index in [-0.39, 0.29) is 5.78 Å². The second-order valence-electron chi connectivity index (χ2n) is 3.50. The Balaban J connectivity index is 2.92. The number of fused-ring (bicyclic) bond motifs is 1. The van der Waals surface area contributed by atoms with Crippen LogP contribution in [0.2, 0.25) is 0 Å². The van der Waals surface area contributed by atoms with E-state index >= 15 is 0 Å². The maximum atomic E-state index is 11.5. The standard InChI is InChI=1S/C12H10BrNO/c1-7-6-10(8(2)15)9-4-3-5-11(13)12(9)14-7/h3-6H,1-2H3. The second-order valence-corrected chi connectivity index (χ2v) is 4.36. The Morgan fingerprint density at radius 3 is 2.80 bits per heavy atom. The molecule has 15 heavy (non-hydrogen) atoms. The van der Waals surface area contributed by atoms with Crippen LogP contribution in [0.15, 0.2) is 28.7 Å². The molecule has 0 N–H and O–H groups in total. The van der Waals surface area contributed by atoms with E-state index in [1.807, 2.05) is 31.2 Å². The van der Waals surface area contributed by atoms with Crippen molar-refractivity contribution in [3.63, 3.8) is 0 Å². The quantitative estimate of drug-likeness (QED) is 0.738.